The van der Waals surface area contributed by atoms with Crippen molar-refractivity contribution in [2.45, 2.75) is 12.5 Å². The molecule has 0 aliphatic carbocycles. The second-order valence-corrected chi connectivity index (χ2v) is 10.6. The second kappa shape index (κ2) is 15.6. The van der Waals surface area contributed by atoms with Gasteiger partial charge in [0, 0.05) is 45.6 Å². The zero-order chi connectivity index (χ0) is 32.6. The lowest BCUT2D eigenvalue weighted by molar-refractivity contribution is -0.384. The molecule has 0 bridgehead atoms. The first-order chi connectivity index (χ1) is 22.2. The molecule has 1 aromatic heterocycles. The first kappa shape index (κ1) is 34.3. The SMILES string of the molecule is Cl.N[C@H](Cc1ccc(Cl)cc1)C(=O)Nc1ccc(NC(=O)/C=C/c2ccc(-c3ccc([N+](=O)[O-])cc3)o2)cc1C(=O)c1ccccc1. The number of furan rings is 1. The lowest BCUT2D eigenvalue weighted by Gasteiger charge is -2.16. The molecule has 10 nitrogen and oxygen atoms in total. The zero-order valence-electron chi connectivity index (χ0n) is 24.6. The molecule has 0 fully saturated rings. The number of nitro benzene ring substituents is 1. The van der Waals surface area contributed by atoms with Crippen molar-refractivity contribution in [3.63, 3.8) is 0 Å². The Morgan fingerprint density at radius 3 is 2.28 bits per heavy atom. The van der Waals surface area contributed by atoms with Crippen LogP contribution in [0.4, 0.5) is 17.1 Å². The van der Waals surface area contributed by atoms with E-state index in [1.54, 1.807) is 84.9 Å². The molecule has 2 amide bonds. The Morgan fingerprint density at radius 2 is 1.60 bits per heavy atom. The molecule has 4 N–H and O–H groups in total. The van der Waals surface area contributed by atoms with E-state index in [4.69, 9.17) is 21.8 Å². The van der Waals surface area contributed by atoms with E-state index in [2.05, 4.69) is 10.6 Å². The third-order valence-electron chi connectivity index (χ3n) is 6.92. The van der Waals surface area contributed by atoms with Gasteiger partial charge in [-0.25, -0.2) is 0 Å². The number of carbonyl (C=O) groups excluding carboxylic acids is 3. The molecule has 1 heterocycles. The summed E-state index contributed by atoms with van der Waals surface area (Å²) in [4.78, 5) is 49.7. The maximum atomic E-state index is 13.5. The highest BCUT2D eigenvalue weighted by Crippen LogP contribution is 2.26. The first-order valence-corrected chi connectivity index (χ1v) is 14.4. The van der Waals surface area contributed by atoms with Gasteiger partial charge in [-0.3, -0.25) is 24.5 Å². The van der Waals surface area contributed by atoms with Gasteiger partial charge < -0.3 is 20.8 Å². The van der Waals surface area contributed by atoms with E-state index in [1.807, 2.05) is 0 Å². The van der Waals surface area contributed by atoms with E-state index in [1.165, 1.54) is 36.4 Å². The number of hydrogen-bond acceptors (Lipinski definition) is 7. The molecule has 0 radical (unpaired) electrons. The monoisotopic (exact) mass is 670 g/mol. The van der Waals surface area contributed by atoms with Crippen molar-refractivity contribution in [2.24, 2.45) is 5.73 Å². The van der Waals surface area contributed by atoms with Crippen LogP contribution >= 0.6 is 24.0 Å². The summed E-state index contributed by atoms with van der Waals surface area (Å²) < 4.78 is 5.75. The Hall–Kier alpha value is -5.55. The number of anilines is 2. The summed E-state index contributed by atoms with van der Waals surface area (Å²) in [6, 6.07) is 28.5. The van der Waals surface area contributed by atoms with Crippen molar-refractivity contribution in [3.8, 4) is 11.3 Å². The van der Waals surface area contributed by atoms with Crippen LogP contribution in [0.1, 0.15) is 27.2 Å². The maximum absolute atomic E-state index is 13.5. The molecule has 238 valence electrons. The molecule has 5 rings (SSSR count). The smallest absolute Gasteiger partial charge is 0.269 e. The number of nitrogens with one attached hydrogen (secondary N) is 2. The predicted octanol–water partition coefficient (Wildman–Crippen LogP) is 7.32. The standard InChI is InChI=1S/C35H27ClN4O6.ClH/c36-25-10-6-22(7-11-25)20-30(37)35(43)39-31-17-12-26(21-29(31)34(42)24-4-2-1-3-5-24)38-33(41)19-16-28-15-18-32(46-28)23-8-13-27(14-9-23)40(44)45;/h1-19,21,30H,20,37H2,(H,38,41)(H,39,43);1H/b19-16+;/t30-;/m1./s1. The van der Waals surface area contributed by atoms with Crippen LogP contribution in [-0.4, -0.2) is 28.6 Å². The number of halogens is 2. The van der Waals surface area contributed by atoms with E-state index in [0.717, 1.165) is 5.56 Å². The Balaban J connectivity index is 0.00000500. The molecule has 0 saturated heterocycles. The Labute approximate surface area is 280 Å². The fourth-order valence-corrected chi connectivity index (χ4v) is 4.67. The van der Waals surface area contributed by atoms with Crippen molar-refractivity contribution in [3.05, 3.63) is 153 Å². The number of nitrogens with two attached hydrogens (primary N) is 1. The van der Waals surface area contributed by atoms with Gasteiger partial charge in [-0.15, -0.1) is 12.4 Å². The van der Waals surface area contributed by atoms with Gasteiger partial charge in [-0.05, 0) is 72.7 Å². The number of rotatable bonds is 11. The van der Waals surface area contributed by atoms with Crippen LogP contribution in [0.3, 0.4) is 0 Å². The summed E-state index contributed by atoms with van der Waals surface area (Å²) >= 11 is 5.95. The zero-order valence-corrected chi connectivity index (χ0v) is 26.2. The second-order valence-electron chi connectivity index (χ2n) is 10.2. The van der Waals surface area contributed by atoms with Crippen LogP contribution in [0.15, 0.2) is 120 Å². The van der Waals surface area contributed by atoms with E-state index in [0.29, 0.717) is 33.4 Å². The van der Waals surface area contributed by atoms with E-state index in [-0.39, 0.29) is 41.5 Å². The van der Waals surface area contributed by atoms with Crippen molar-refractivity contribution in [2.75, 3.05) is 10.6 Å². The molecule has 0 spiro atoms. The molecule has 0 saturated carbocycles. The first-order valence-electron chi connectivity index (χ1n) is 14.0. The minimum absolute atomic E-state index is 0. The van der Waals surface area contributed by atoms with Gasteiger partial charge in [0.1, 0.15) is 11.5 Å². The molecule has 0 aliphatic rings. The molecular weight excluding hydrogens is 643 g/mol. The molecule has 5 aromatic rings. The van der Waals surface area contributed by atoms with Gasteiger partial charge in [0.2, 0.25) is 11.8 Å². The fourth-order valence-electron chi connectivity index (χ4n) is 4.54. The average Bonchev–Trinajstić information content (AvgIpc) is 3.55. The molecule has 1 atom stereocenters. The number of amides is 2. The number of nitro groups is 1. The van der Waals surface area contributed by atoms with Crippen LogP contribution in [0.25, 0.3) is 17.4 Å². The summed E-state index contributed by atoms with van der Waals surface area (Å²) in [5.74, 6) is -0.472. The number of hydrogen-bond donors (Lipinski definition) is 3. The summed E-state index contributed by atoms with van der Waals surface area (Å²) in [5, 5.41) is 16.9. The molecule has 4 aromatic carbocycles. The highest BCUT2D eigenvalue weighted by Gasteiger charge is 2.20. The van der Waals surface area contributed by atoms with Gasteiger partial charge >= 0.3 is 0 Å². The normalized spacial score (nSPS) is 11.4. The van der Waals surface area contributed by atoms with Crippen molar-refractivity contribution in [1.29, 1.82) is 0 Å². The van der Waals surface area contributed by atoms with E-state index >= 15 is 0 Å². The van der Waals surface area contributed by atoms with Gasteiger partial charge in [0.05, 0.1) is 16.7 Å². The van der Waals surface area contributed by atoms with Crippen molar-refractivity contribution < 1.29 is 23.7 Å². The molecule has 12 heteroatoms. The van der Waals surface area contributed by atoms with Crippen LogP contribution in [-0.2, 0) is 16.0 Å². The fraction of sp³-hybridized carbons (Fsp3) is 0.0571. The molecule has 0 unspecified atom stereocenters. The number of benzene rings is 4. The quantitative estimate of drug-likeness (QED) is 0.0575. The third kappa shape index (κ3) is 9.01. The highest BCUT2D eigenvalue weighted by molar-refractivity contribution is 6.30. The van der Waals surface area contributed by atoms with Crippen molar-refractivity contribution >= 4 is 64.7 Å². The molecule has 47 heavy (non-hydrogen) atoms. The third-order valence-corrected chi connectivity index (χ3v) is 7.17. The summed E-state index contributed by atoms with van der Waals surface area (Å²) in [6.07, 6.45) is 3.00. The number of carbonyl (C=O) groups is 3. The van der Waals surface area contributed by atoms with Crippen LogP contribution in [0, 0.1) is 10.1 Å². The minimum Gasteiger partial charge on any atom is -0.457 e. The lowest BCUT2D eigenvalue weighted by Crippen LogP contribution is -2.37. The van der Waals surface area contributed by atoms with Crippen LogP contribution in [0.5, 0.6) is 0 Å². The predicted molar refractivity (Wildman–Crippen MR) is 184 cm³/mol. The van der Waals surface area contributed by atoms with Crippen LogP contribution in [0.2, 0.25) is 5.02 Å². The Morgan fingerprint density at radius 1 is 0.894 bits per heavy atom. The van der Waals surface area contributed by atoms with Crippen molar-refractivity contribution in [1.82, 2.24) is 0 Å². The van der Waals surface area contributed by atoms with Gasteiger partial charge in [0.15, 0.2) is 5.78 Å². The maximum Gasteiger partial charge on any atom is 0.269 e. The van der Waals surface area contributed by atoms with E-state index in [9.17, 15) is 24.5 Å². The average molecular weight is 672 g/mol. The number of ketones is 1. The summed E-state index contributed by atoms with van der Waals surface area (Å²) in [5.41, 5.74) is 8.74. The highest BCUT2D eigenvalue weighted by atomic mass is 35.5. The molecular formula is C35H28Cl2N4O6. The largest absolute Gasteiger partial charge is 0.457 e. The number of nitrogens with zero attached hydrogens (tertiary/aromatic N) is 1. The van der Waals surface area contributed by atoms with E-state index < -0.39 is 22.8 Å². The summed E-state index contributed by atoms with van der Waals surface area (Å²) in [6.45, 7) is 0. The Kier molecular flexibility index (Phi) is 11.4. The van der Waals surface area contributed by atoms with Crippen LogP contribution < -0.4 is 16.4 Å². The minimum atomic E-state index is -0.895. The number of non-ortho nitro benzene ring substituents is 1. The summed E-state index contributed by atoms with van der Waals surface area (Å²) in [7, 11) is 0. The lowest BCUT2D eigenvalue weighted by atomic mass is 10.00. The van der Waals surface area contributed by atoms with Gasteiger partial charge in [-0.2, -0.15) is 0 Å². The molecule has 0 aliphatic heterocycles. The topological polar surface area (TPSA) is 158 Å². The Bertz CT molecular complexity index is 1920. The van der Waals surface area contributed by atoms with Gasteiger partial charge in [-0.1, -0.05) is 54.1 Å². The van der Waals surface area contributed by atoms with Gasteiger partial charge in [0.25, 0.3) is 5.69 Å².